The number of nitrogens with zero attached hydrogens (tertiary/aromatic N) is 2. The van der Waals surface area contributed by atoms with Crippen molar-refractivity contribution in [2.45, 2.75) is 0 Å². The Labute approximate surface area is 89.6 Å². The molecule has 0 spiro atoms. The quantitative estimate of drug-likeness (QED) is 0.750. The number of hydrogen-bond acceptors (Lipinski definition) is 3. The second-order valence-electron chi connectivity index (χ2n) is 3.40. The van der Waals surface area contributed by atoms with Gasteiger partial charge in [-0.1, -0.05) is 6.08 Å². The van der Waals surface area contributed by atoms with Crippen molar-refractivity contribution < 1.29 is 4.79 Å². The number of amides is 1. The van der Waals surface area contributed by atoms with Crippen LogP contribution in [-0.4, -0.2) is 36.4 Å². The van der Waals surface area contributed by atoms with E-state index in [0.717, 1.165) is 6.54 Å². The van der Waals surface area contributed by atoms with Crippen LogP contribution >= 0.6 is 0 Å². The number of hydrogen-bond donors (Lipinski definition) is 1. The predicted octanol–water partition coefficient (Wildman–Crippen LogP) is 1.14. The van der Waals surface area contributed by atoms with Gasteiger partial charge in [0.25, 0.3) is 0 Å². The van der Waals surface area contributed by atoms with E-state index in [-0.39, 0.29) is 5.91 Å². The lowest BCUT2D eigenvalue weighted by Gasteiger charge is -2.04. The number of carbonyl (C=O) groups excluding carboxylic acids is 1. The Morgan fingerprint density at radius 2 is 2.40 bits per heavy atom. The molecule has 0 aliphatic rings. The van der Waals surface area contributed by atoms with E-state index in [0.29, 0.717) is 5.69 Å². The molecule has 0 aliphatic carbocycles. The predicted molar refractivity (Wildman–Crippen MR) is 60.6 cm³/mol. The summed E-state index contributed by atoms with van der Waals surface area (Å²) in [4.78, 5) is 17.2. The van der Waals surface area contributed by atoms with Gasteiger partial charge in [-0.3, -0.25) is 9.78 Å². The van der Waals surface area contributed by atoms with Crippen molar-refractivity contribution in [1.29, 1.82) is 0 Å². The average molecular weight is 205 g/mol. The molecule has 0 bridgehead atoms. The molecule has 0 saturated heterocycles. The van der Waals surface area contributed by atoms with Gasteiger partial charge < -0.3 is 10.2 Å². The van der Waals surface area contributed by atoms with E-state index >= 15 is 0 Å². The molecule has 0 radical (unpaired) electrons. The topological polar surface area (TPSA) is 45.2 Å². The molecule has 1 aromatic rings. The number of likely N-dealkylation sites (N-methyl/N-ethyl adjacent to an activating group) is 1. The second kappa shape index (κ2) is 5.93. The maximum Gasteiger partial charge on any atom is 0.248 e. The molecule has 1 aromatic heterocycles. The third-order valence-corrected chi connectivity index (χ3v) is 1.67. The molecule has 4 nitrogen and oxygen atoms in total. The number of carbonyl (C=O) groups is 1. The number of pyridine rings is 1. The Kier molecular flexibility index (Phi) is 4.50. The monoisotopic (exact) mass is 205 g/mol. The standard InChI is InChI=1S/C11H15N3O/c1-14(2)8-4-6-11(15)13-10-5-3-7-12-9-10/h3-7,9H,8H2,1-2H3,(H,13,15)/b6-4+. The van der Waals surface area contributed by atoms with E-state index in [1.807, 2.05) is 25.1 Å². The van der Waals surface area contributed by atoms with Gasteiger partial charge in [-0.25, -0.2) is 0 Å². The van der Waals surface area contributed by atoms with Gasteiger partial charge in [0.15, 0.2) is 0 Å². The van der Waals surface area contributed by atoms with Gasteiger partial charge >= 0.3 is 0 Å². The van der Waals surface area contributed by atoms with Crippen molar-refractivity contribution in [3.05, 3.63) is 36.7 Å². The minimum atomic E-state index is -0.134. The first-order chi connectivity index (χ1) is 7.18. The van der Waals surface area contributed by atoms with Crippen molar-refractivity contribution >= 4 is 11.6 Å². The highest BCUT2D eigenvalue weighted by Crippen LogP contribution is 2.01. The van der Waals surface area contributed by atoms with Crippen LogP contribution in [0.2, 0.25) is 0 Å². The number of nitrogens with one attached hydrogen (secondary N) is 1. The van der Waals surface area contributed by atoms with Gasteiger partial charge in [0.1, 0.15) is 0 Å². The zero-order valence-electron chi connectivity index (χ0n) is 8.97. The Hall–Kier alpha value is -1.68. The first-order valence-electron chi connectivity index (χ1n) is 4.71. The van der Waals surface area contributed by atoms with Crippen LogP contribution in [0, 0.1) is 0 Å². The van der Waals surface area contributed by atoms with Crippen LogP contribution in [0.4, 0.5) is 5.69 Å². The lowest BCUT2D eigenvalue weighted by atomic mass is 10.4. The van der Waals surface area contributed by atoms with E-state index in [2.05, 4.69) is 10.3 Å². The van der Waals surface area contributed by atoms with Gasteiger partial charge in [-0.2, -0.15) is 0 Å². The van der Waals surface area contributed by atoms with Gasteiger partial charge in [-0.05, 0) is 26.2 Å². The van der Waals surface area contributed by atoms with Crippen molar-refractivity contribution in [3.63, 3.8) is 0 Å². The molecule has 0 aliphatic heterocycles. The van der Waals surface area contributed by atoms with Crippen LogP contribution in [0.15, 0.2) is 36.7 Å². The van der Waals surface area contributed by atoms with Crippen LogP contribution in [0.5, 0.6) is 0 Å². The maximum atomic E-state index is 11.3. The largest absolute Gasteiger partial charge is 0.321 e. The van der Waals surface area contributed by atoms with E-state index in [9.17, 15) is 4.79 Å². The molecule has 0 unspecified atom stereocenters. The number of anilines is 1. The van der Waals surface area contributed by atoms with Crippen molar-refractivity contribution in [1.82, 2.24) is 9.88 Å². The van der Waals surface area contributed by atoms with Crippen LogP contribution in [0.1, 0.15) is 0 Å². The third kappa shape index (κ3) is 4.93. The summed E-state index contributed by atoms with van der Waals surface area (Å²) in [6.45, 7) is 0.750. The molecule has 1 heterocycles. The molecular formula is C11H15N3O. The van der Waals surface area contributed by atoms with Crippen LogP contribution in [0.3, 0.4) is 0 Å². The zero-order chi connectivity index (χ0) is 11.1. The van der Waals surface area contributed by atoms with Crippen molar-refractivity contribution in [2.75, 3.05) is 26.0 Å². The summed E-state index contributed by atoms with van der Waals surface area (Å²) >= 11 is 0. The first-order valence-corrected chi connectivity index (χ1v) is 4.71. The maximum absolute atomic E-state index is 11.3. The van der Waals surface area contributed by atoms with E-state index in [4.69, 9.17) is 0 Å². The highest BCUT2D eigenvalue weighted by molar-refractivity contribution is 5.99. The molecule has 80 valence electrons. The molecule has 0 fully saturated rings. The Bertz CT molecular complexity index is 333. The fraction of sp³-hybridized carbons (Fsp3) is 0.273. The molecule has 1 N–H and O–H groups in total. The molecule has 1 rings (SSSR count). The summed E-state index contributed by atoms with van der Waals surface area (Å²) in [6, 6.07) is 3.57. The normalized spacial score (nSPS) is 10.9. The molecular weight excluding hydrogens is 190 g/mol. The summed E-state index contributed by atoms with van der Waals surface area (Å²) < 4.78 is 0. The second-order valence-corrected chi connectivity index (χ2v) is 3.40. The molecule has 0 atom stereocenters. The molecule has 4 heteroatoms. The van der Waals surface area contributed by atoms with E-state index in [1.165, 1.54) is 6.08 Å². The summed E-state index contributed by atoms with van der Waals surface area (Å²) in [7, 11) is 3.90. The first kappa shape index (κ1) is 11.4. The molecule has 1 amide bonds. The van der Waals surface area contributed by atoms with Gasteiger partial charge in [0.2, 0.25) is 5.91 Å². The van der Waals surface area contributed by atoms with Crippen molar-refractivity contribution in [3.8, 4) is 0 Å². The fourth-order valence-corrected chi connectivity index (χ4v) is 0.991. The summed E-state index contributed by atoms with van der Waals surface area (Å²) in [5.74, 6) is -0.134. The lowest BCUT2D eigenvalue weighted by molar-refractivity contribution is -0.111. The van der Waals surface area contributed by atoms with Crippen LogP contribution in [0.25, 0.3) is 0 Å². The average Bonchev–Trinajstić information content (AvgIpc) is 2.18. The number of rotatable bonds is 4. The summed E-state index contributed by atoms with van der Waals surface area (Å²) in [5, 5.41) is 2.71. The van der Waals surface area contributed by atoms with Crippen molar-refractivity contribution in [2.24, 2.45) is 0 Å². The Balaban J connectivity index is 2.40. The van der Waals surface area contributed by atoms with Gasteiger partial charge in [0.05, 0.1) is 11.9 Å². The highest BCUT2D eigenvalue weighted by Gasteiger charge is 1.95. The van der Waals surface area contributed by atoms with E-state index in [1.54, 1.807) is 24.5 Å². The Morgan fingerprint density at radius 3 is 3.00 bits per heavy atom. The molecule has 0 aromatic carbocycles. The molecule has 15 heavy (non-hydrogen) atoms. The number of aromatic nitrogens is 1. The smallest absolute Gasteiger partial charge is 0.248 e. The minimum absolute atomic E-state index is 0.134. The summed E-state index contributed by atoms with van der Waals surface area (Å²) in [6.07, 6.45) is 6.61. The lowest BCUT2D eigenvalue weighted by Crippen LogP contribution is -2.12. The van der Waals surface area contributed by atoms with E-state index < -0.39 is 0 Å². The van der Waals surface area contributed by atoms with Crippen LogP contribution < -0.4 is 5.32 Å². The van der Waals surface area contributed by atoms with Gasteiger partial charge in [-0.15, -0.1) is 0 Å². The Morgan fingerprint density at radius 1 is 1.60 bits per heavy atom. The summed E-state index contributed by atoms with van der Waals surface area (Å²) in [5.41, 5.74) is 0.706. The fourth-order valence-electron chi connectivity index (χ4n) is 0.991. The minimum Gasteiger partial charge on any atom is -0.321 e. The zero-order valence-corrected chi connectivity index (χ0v) is 8.97. The SMILES string of the molecule is CN(C)C/C=C/C(=O)Nc1cccnc1. The third-order valence-electron chi connectivity index (χ3n) is 1.67. The highest BCUT2D eigenvalue weighted by atomic mass is 16.1. The van der Waals surface area contributed by atoms with Crippen LogP contribution in [-0.2, 0) is 4.79 Å². The van der Waals surface area contributed by atoms with Gasteiger partial charge in [0, 0.05) is 18.8 Å². The molecule has 0 saturated carbocycles.